The molecule has 0 radical (unpaired) electrons. The lowest BCUT2D eigenvalue weighted by Gasteiger charge is -2.10. The summed E-state index contributed by atoms with van der Waals surface area (Å²) in [4.78, 5) is 12.4. The Morgan fingerprint density at radius 3 is 2.27 bits per heavy atom. The van der Waals surface area contributed by atoms with Crippen LogP contribution in [0.25, 0.3) is 11.5 Å². The van der Waals surface area contributed by atoms with E-state index < -0.39 is 12.1 Å². The maximum atomic E-state index is 13.0. The highest BCUT2D eigenvalue weighted by atomic mass is 19.1. The fraction of sp³-hybridized carbons (Fsp3) is 0.0870. The normalized spacial score (nSPS) is 11.7. The fourth-order valence-corrected chi connectivity index (χ4v) is 2.67. The van der Waals surface area contributed by atoms with Crippen LogP contribution in [0.5, 0.6) is 11.5 Å². The molecule has 1 heterocycles. The van der Waals surface area contributed by atoms with Crippen LogP contribution in [0.3, 0.4) is 0 Å². The number of ether oxygens (including phenoxy) is 2. The van der Waals surface area contributed by atoms with Crippen molar-refractivity contribution in [2.75, 3.05) is 0 Å². The molecule has 0 aliphatic rings. The number of hydrogen-bond donors (Lipinski definition) is 0. The summed E-state index contributed by atoms with van der Waals surface area (Å²) in [6.07, 6.45) is -0.751. The molecule has 0 saturated heterocycles. The Balaban J connectivity index is 1.39. The molecule has 0 N–H and O–H groups in total. The minimum absolute atomic E-state index is 0.145. The lowest BCUT2D eigenvalue weighted by molar-refractivity contribution is 0.0280. The van der Waals surface area contributed by atoms with Crippen molar-refractivity contribution < 1.29 is 23.1 Å². The van der Waals surface area contributed by atoms with Gasteiger partial charge in [0.15, 0.2) is 6.10 Å². The Bertz CT molecular complexity index is 1130. The number of esters is 1. The number of rotatable bonds is 6. The van der Waals surface area contributed by atoms with E-state index in [1.54, 1.807) is 31.2 Å². The molecule has 0 aliphatic heterocycles. The van der Waals surface area contributed by atoms with Gasteiger partial charge in [-0.1, -0.05) is 18.2 Å². The SMILES string of the molecule is C[C@@H](OC(=O)c1ccc(Oc2ccccc2)cc1)c1nnc(-c2ccc(F)cc2)o1. The van der Waals surface area contributed by atoms with E-state index in [0.717, 1.165) is 0 Å². The number of aromatic nitrogens is 2. The van der Waals surface area contributed by atoms with Crippen molar-refractivity contribution in [1.82, 2.24) is 10.2 Å². The van der Waals surface area contributed by atoms with Crippen molar-refractivity contribution in [3.05, 3.63) is 96.1 Å². The Hall–Kier alpha value is -4.00. The molecular weight excluding hydrogens is 387 g/mol. The number of carbonyl (C=O) groups is 1. The predicted octanol–water partition coefficient (Wildman–Crippen LogP) is 5.59. The van der Waals surface area contributed by atoms with Crippen LogP contribution in [0, 0.1) is 5.82 Å². The minimum atomic E-state index is -0.751. The van der Waals surface area contributed by atoms with E-state index in [0.29, 0.717) is 22.6 Å². The average Bonchev–Trinajstić information content (AvgIpc) is 3.26. The molecule has 0 unspecified atom stereocenters. The second-order valence-electron chi connectivity index (χ2n) is 6.44. The van der Waals surface area contributed by atoms with Crippen molar-refractivity contribution in [1.29, 1.82) is 0 Å². The number of carbonyl (C=O) groups excluding carboxylic acids is 1. The van der Waals surface area contributed by atoms with Gasteiger partial charge >= 0.3 is 5.97 Å². The van der Waals surface area contributed by atoms with E-state index in [-0.39, 0.29) is 17.6 Å². The number of benzene rings is 3. The number of halogens is 1. The molecule has 4 aromatic rings. The van der Waals surface area contributed by atoms with E-state index in [1.807, 2.05) is 30.3 Å². The van der Waals surface area contributed by atoms with Crippen LogP contribution in [0.15, 0.2) is 83.3 Å². The zero-order valence-corrected chi connectivity index (χ0v) is 16.0. The predicted molar refractivity (Wildman–Crippen MR) is 106 cm³/mol. The second-order valence-corrected chi connectivity index (χ2v) is 6.44. The van der Waals surface area contributed by atoms with E-state index in [2.05, 4.69) is 10.2 Å². The lowest BCUT2D eigenvalue weighted by Crippen LogP contribution is -2.09. The van der Waals surface area contributed by atoms with Gasteiger partial charge in [-0.05, 0) is 67.6 Å². The van der Waals surface area contributed by atoms with Gasteiger partial charge in [-0.25, -0.2) is 9.18 Å². The summed E-state index contributed by atoms with van der Waals surface area (Å²) >= 11 is 0. The highest BCUT2D eigenvalue weighted by Crippen LogP contribution is 2.25. The Labute approximate surface area is 171 Å². The van der Waals surface area contributed by atoms with Gasteiger partial charge in [-0.15, -0.1) is 10.2 Å². The third-order valence-electron chi connectivity index (χ3n) is 4.23. The van der Waals surface area contributed by atoms with Gasteiger partial charge in [0.25, 0.3) is 5.89 Å². The van der Waals surface area contributed by atoms with Crippen LogP contribution in [-0.2, 0) is 4.74 Å². The van der Waals surface area contributed by atoms with Gasteiger partial charge in [-0.3, -0.25) is 0 Å². The van der Waals surface area contributed by atoms with Crippen molar-refractivity contribution in [3.8, 4) is 23.0 Å². The minimum Gasteiger partial charge on any atom is -0.457 e. The van der Waals surface area contributed by atoms with Crippen molar-refractivity contribution in [2.24, 2.45) is 0 Å². The molecule has 6 nitrogen and oxygen atoms in total. The average molecular weight is 404 g/mol. The Morgan fingerprint density at radius 1 is 0.900 bits per heavy atom. The molecule has 150 valence electrons. The van der Waals surface area contributed by atoms with Gasteiger partial charge in [0.1, 0.15) is 17.3 Å². The number of hydrogen-bond acceptors (Lipinski definition) is 6. The first-order valence-electron chi connectivity index (χ1n) is 9.22. The van der Waals surface area contributed by atoms with Crippen LogP contribution >= 0.6 is 0 Å². The summed E-state index contributed by atoms with van der Waals surface area (Å²) in [5, 5.41) is 7.84. The monoisotopic (exact) mass is 404 g/mol. The molecule has 0 fully saturated rings. The summed E-state index contributed by atoms with van der Waals surface area (Å²) in [7, 11) is 0. The fourth-order valence-electron chi connectivity index (χ4n) is 2.67. The van der Waals surface area contributed by atoms with E-state index in [4.69, 9.17) is 13.9 Å². The molecule has 0 spiro atoms. The van der Waals surface area contributed by atoms with E-state index >= 15 is 0 Å². The molecule has 4 rings (SSSR count). The molecule has 0 bridgehead atoms. The summed E-state index contributed by atoms with van der Waals surface area (Å²) in [5.41, 5.74) is 0.934. The van der Waals surface area contributed by atoms with E-state index in [1.165, 1.54) is 24.3 Å². The van der Waals surface area contributed by atoms with Gasteiger partial charge in [0, 0.05) is 5.56 Å². The van der Waals surface area contributed by atoms with Gasteiger partial charge in [0.2, 0.25) is 5.89 Å². The van der Waals surface area contributed by atoms with Crippen LogP contribution < -0.4 is 4.74 Å². The molecule has 3 aromatic carbocycles. The number of nitrogens with zero attached hydrogens (tertiary/aromatic N) is 2. The van der Waals surface area contributed by atoms with Crippen molar-refractivity contribution in [3.63, 3.8) is 0 Å². The van der Waals surface area contributed by atoms with Gasteiger partial charge < -0.3 is 13.9 Å². The summed E-state index contributed by atoms with van der Waals surface area (Å²) in [6.45, 7) is 1.63. The molecule has 1 aromatic heterocycles. The zero-order valence-electron chi connectivity index (χ0n) is 16.0. The lowest BCUT2D eigenvalue weighted by atomic mass is 10.2. The summed E-state index contributed by atoms with van der Waals surface area (Å²) in [6, 6.07) is 21.6. The van der Waals surface area contributed by atoms with E-state index in [9.17, 15) is 9.18 Å². The molecule has 7 heteroatoms. The first-order chi connectivity index (χ1) is 14.6. The molecule has 0 amide bonds. The Kier molecular flexibility index (Phi) is 5.52. The number of para-hydroxylation sites is 1. The third-order valence-corrected chi connectivity index (χ3v) is 4.23. The first kappa shape index (κ1) is 19.3. The molecule has 0 saturated carbocycles. The Morgan fingerprint density at radius 2 is 1.57 bits per heavy atom. The topological polar surface area (TPSA) is 74.5 Å². The van der Waals surface area contributed by atoms with Crippen molar-refractivity contribution in [2.45, 2.75) is 13.0 Å². The highest BCUT2D eigenvalue weighted by molar-refractivity contribution is 5.89. The van der Waals surface area contributed by atoms with Crippen LogP contribution in [-0.4, -0.2) is 16.2 Å². The molecular formula is C23H17FN2O4. The maximum absolute atomic E-state index is 13.0. The third kappa shape index (κ3) is 4.52. The zero-order chi connectivity index (χ0) is 20.9. The van der Waals surface area contributed by atoms with Crippen molar-refractivity contribution >= 4 is 5.97 Å². The van der Waals surface area contributed by atoms with Gasteiger partial charge in [-0.2, -0.15) is 0 Å². The second kappa shape index (κ2) is 8.57. The summed E-state index contributed by atoms with van der Waals surface area (Å²) in [5.74, 6) is 0.778. The highest BCUT2D eigenvalue weighted by Gasteiger charge is 2.20. The van der Waals surface area contributed by atoms with Crippen LogP contribution in [0.1, 0.15) is 29.3 Å². The van der Waals surface area contributed by atoms with Crippen LogP contribution in [0.2, 0.25) is 0 Å². The van der Waals surface area contributed by atoms with Gasteiger partial charge in [0.05, 0.1) is 5.56 Å². The molecule has 0 aliphatic carbocycles. The largest absolute Gasteiger partial charge is 0.457 e. The smallest absolute Gasteiger partial charge is 0.338 e. The molecule has 30 heavy (non-hydrogen) atoms. The standard InChI is InChI=1S/C23H17FN2O4/c1-15(21-25-26-22(30-21)16-7-11-18(24)12-8-16)28-23(27)17-9-13-20(14-10-17)29-19-5-3-2-4-6-19/h2-15H,1H3/t15-/m1/s1. The molecule has 1 atom stereocenters. The first-order valence-corrected chi connectivity index (χ1v) is 9.22. The summed E-state index contributed by atoms with van der Waals surface area (Å²) < 4.78 is 29.7. The quantitative estimate of drug-likeness (QED) is 0.390. The maximum Gasteiger partial charge on any atom is 0.338 e. The van der Waals surface area contributed by atoms with Crippen LogP contribution in [0.4, 0.5) is 4.39 Å².